The van der Waals surface area contributed by atoms with E-state index >= 15 is 0 Å². The molecule has 0 radical (unpaired) electrons. The number of benzene rings is 1. The largest absolute Gasteiger partial charge is 0.354 e. The van der Waals surface area contributed by atoms with Crippen LogP contribution < -0.4 is 9.80 Å². The first-order chi connectivity index (χ1) is 14.7. The number of anilines is 2. The molecule has 1 fully saturated rings. The SMILES string of the molecule is CN(C)c1ncc(CN2CCN(c3nc(-c4ccccc4)nc4c3CCC4)CC2)s1. The van der Waals surface area contributed by atoms with E-state index < -0.39 is 0 Å². The highest BCUT2D eigenvalue weighted by Crippen LogP contribution is 2.32. The summed E-state index contributed by atoms with van der Waals surface area (Å²) in [6.07, 6.45) is 5.39. The van der Waals surface area contributed by atoms with Crippen LogP contribution in [0.15, 0.2) is 36.5 Å². The lowest BCUT2D eigenvalue weighted by atomic mass is 10.1. The van der Waals surface area contributed by atoms with E-state index in [1.54, 1.807) is 11.3 Å². The average molecular weight is 421 g/mol. The molecule has 0 atom stereocenters. The Balaban J connectivity index is 1.31. The van der Waals surface area contributed by atoms with Crippen LogP contribution in [0.5, 0.6) is 0 Å². The zero-order valence-electron chi connectivity index (χ0n) is 17.7. The first kappa shape index (κ1) is 19.5. The fourth-order valence-corrected chi connectivity index (χ4v) is 5.18. The van der Waals surface area contributed by atoms with Crippen LogP contribution in [0.3, 0.4) is 0 Å². The third-order valence-electron chi connectivity index (χ3n) is 5.92. The maximum Gasteiger partial charge on any atom is 0.185 e. The Kier molecular flexibility index (Phi) is 5.39. The molecular weight excluding hydrogens is 392 g/mol. The monoisotopic (exact) mass is 420 g/mol. The van der Waals surface area contributed by atoms with Crippen molar-refractivity contribution in [2.24, 2.45) is 0 Å². The highest BCUT2D eigenvalue weighted by atomic mass is 32.1. The summed E-state index contributed by atoms with van der Waals surface area (Å²) in [6, 6.07) is 10.4. The Hall–Kier alpha value is -2.51. The lowest BCUT2D eigenvalue weighted by Gasteiger charge is -2.36. The Morgan fingerprint density at radius 2 is 1.80 bits per heavy atom. The molecule has 2 aliphatic rings. The number of thiazole rings is 1. The van der Waals surface area contributed by atoms with Gasteiger partial charge < -0.3 is 9.80 Å². The fourth-order valence-electron chi connectivity index (χ4n) is 4.31. The van der Waals surface area contributed by atoms with Crippen LogP contribution >= 0.6 is 11.3 Å². The molecule has 30 heavy (non-hydrogen) atoms. The summed E-state index contributed by atoms with van der Waals surface area (Å²) in [5, 5.41) is 1.08. The van der Waals surface area contributed by atoms with E-state index in [2.05, 4.69) is 43.9 Å². The molecule has 0 amide bonds. The zero-order chi connectivity index (χ0) is 20.5. The minimum absolute atomic E-state index is 0.870. The number of rotatable bonds is 5. The van der Waals surface area contributed by atoms with E-state index in [0.29, 0.717) is 0 Å². The molecule has 0 spiro atoms. The first-order valence-corrected chi connectivity index (χ1v) is 11.5. The van der Waals surface area contributed by atoms with Crippen molar-refractivity contribution >= 4 is 22.3 Å². The topological polar surface area (TPSA) is 48.4 Å². The van der Waals surface area contributed by atoms with Crippen LogP contribution in [-0.4, -0.2) is 60.1 Å². The van der Waals surface area contributed by atoms with E-state index in [1.165, 1.54) is 28.4 Å². The van der Waals surface area contributed by atoms with Crippen LogP contribution in [-0.2, 0) is 19.4 Å². The van der Waals surface area contributed by atoms with Crippen molar-refractivity contribution in [2.75, 3.05) is 50.1 Å². The molecule has 5 rings (SSSR count). The van der Waals surface area contributed by atoms with Crippen LogP contribution in [0.4, 0.5) is 10.9 Å². The van der Waals surface area contributed by atoms with E-state index in [9.17, 15) is 0 Å². The van der Waals surface area contributed by atoms with Gasteiger partial charge in [-0.1, -0.05) is 30.3 Å². The second-order valence-corrected chi connectivity index (χ2v) is 9.38. The summed E-state index contributed by atoms with van der Waals surface area (Å²) in [7, 11) is 4.09. The summed E-state index contributed by atoms with van der Waals surface area (Å²) in [5.41, 5.74) is 3.73. The van der Waals surface area contributed by atoms with Gasteiger partial charge in [-0.25, -0.2) is 15.0 Å². The molecule has 1 aliphatic carbocycles. The molecule has 6 nitrogen and oxygen atoms in total. The molecule has 0 unspecified atom stereocenters. The normalized spacial score (nSPS) is 16.7. The summed E-state index contributed by atoms with van der Waals surface area (Å²) >= 11 is 1.79. The molecule has 1 saturated heterocycles. The van der Waals surface area contributed by atoms with Gasteiger partial charge in [-0.2, -0.15) is 0 Å². The average Bonchev–Trinajstić information content (AvgIpc) is 3.44. The molecule has 7 heteroatoms. The second-order valence-electron chi connectivity index (χ2n) is 8.28. The number of aromatic nitrogens is 3. The van der Waals surface area contributed by atoms with Crippen molar-refractivity contribution in [1.82, 2.24) is 19.9 Å². The lowest BCUT2D eigenvalue weighted by Crippen LogP contribution is -2.46. The van der Waals surface area contributed by atoms with E-state index in [1.807, 2.05) is 26.4 Å². The summed E-state index contributed by atoms with van der Waals surface area (Å²) in [5.74, 6) is 2.04. The molecule has 0 N–H and O–H groups in total. The molecule has 1 aliphatic heterocycles. The van der Waals surface area contributed by atoms with Crippen LogP contribution in [0.2, 0.25) is 0 Å². The number of piperazine rings is 1. The van der Waals surface area contributed by atoms with Gasteiger partial charge in [-0.05, 0) is 19.3 Å². The van der Waals surface area contributed by atoms with Gasteiger partial charge in [0.2, 0.25) is 0 Å². The minimum Gasteiger partial charge on any atom is -0.354 e. The maximum atomic E-state index is 5.05. The number of nitrogens with zero attached hydrogens (tertiary/aromatic N) is 6. The van der Waals surface area contributed by atoms with Crippen LogP contribution in [0.1, 0.15) is 22.6 Å². The molecule has 2 aromatic heterocycles. The molecule has 3 heterocycles. The molecular formula is C23H28N6S. The number of hydrogen-bond acceptors (Lipinski definition) is 7. The summed E-state index contributed by atoms with van der Waals surface area (Å²) in [4.78, 5) is 22.9. The highest BCUT2D eigenvalue weighted by molar-refractivity contribution is 7.15. The molecule has 1 aromatic carbocycles. The number of hydrogen-bond donors (Lipinski definition) is 0. The Morgan fingerprint density at radius 3 is 2.53 bits per heavy atom. The summed E-state index contributed by atoms with van der Waals surface area (Å²) in [6.45, 7) is 5.10. The van der Waals surface area contributed by atoms with Gasteiger partial charge >= 0.3 is 0 Å². The number of fused-ring (bicyclic) bond motifs is 1. The molecule has 156 valence electrons. The van der Waals surface area contributed by atoms with Crippen molar-refractivity contribution in [2.45, 2.75) is 25.8 Å². The van der Waals surface area contributed by atoms with E-state index in [-0.39, 0.29) is 0 Å². The van der Waals surface area contributed by atoms with Crippen molar-refractivity contribution < 1.29 is 0 Å². The Morgan fingerprint density at radius 1 is 1.00 bits per heavy atom. The van der Waals surface area contributed by atoms with E-state index in [4.69, 9.17) is 9.97 Å². The first-order valence-electron chi connectivity index (χ1n) is 10.7. The fraction of sp³-hybridized carbons (Fsp3) is 0.435. The predicted molar refractivity (Wildman–Crippen MR) is 123 cm³/mol. The lowest BCUT2D eigenvalue weighted by molar-refractivity contribution is 0.251. The standard InChI is InChI=1S/C23H28N6S/c1-27(2)23-24-15-18(30-23)16-28-11-13-29(14-12-28)22-19-9-6-10-20(19)25-21(26-22)17-7-4-3-5-8-17/h3-5,7-8,15H,6,9-14,16H2,1-2H3. The molecule has 3 aromatic rings. The van der Waals surface area contributed by atoms with Gasteiger partial charge in [0.05, 0.1) is 0 Å². The quantitative estimate of drug-likeness (QED) is 0.630. The second kappa shape index (κ2) is 8.32. The van der Waals surface area contributed by atoms with Crippen molar-refractivity contribution in [3.05, 3.63) is 52.7 Å². The van der Waals surface area contributed by atoms with Crippen molar-refractivity contribution in [3.8, 4) is 11.4 Å². The van der Waals surface area contributed by atoms with Gasteiger partial charge in [0.25, 0.3) is 0 Å². The van der Waals surface area contributed by atoms with Crippen molar-refractivity contribution in [3.63, 3.8) is 0 Å². The highest BCUT2D eigenvalue weighted by Gasteiger charge is 2.26. The molecule has 0 saturated carbocycles. The van der Waals surface area contributed by atoms with Crippen molar-refractivity contribution in [1.29, 1.82) is 0 Å². The van der Waals surface area contributed by atoms with Gasteiger partial charge in [0.1, 0.15) is 5.82 Å². The van der Waals surface area contributed by atoms with Gasteiger partial charge in [0, 0.05) is 74.7 Å². The van der Waals surface area contributed by atoms with Crippen LogP contribution in [0.25, 0.3) is 11.4 Å². The molecule has 0 bridgehead atoms. The van der Waals surface area contributed by atoms with Gasteiger partial charge in [-0.3, -0.25) is 4.90 Å². The number of aryl methyl sites for hydroxylation is 1. The van der Waals surface area contributed by atoms with Gasteiger partial charge in [0.15, 0.2) is 11.0 Å². The minimum atomic E-state index is 0.870. The third-order valence-corrected chi connectivity index (χ3v) is 7.07. The maximum absolute atomic E-state index is 5.05. The summed E-state index contributed by atoms with van der Waals surface area (Å²) < 4.78 is 0. The third kappa shape index (κ3) is 3.91. The van der Waals surface area contributed by atoms with Gasteiger partial charge in [-0.15, -0.1) is 11.3 Å². The smallest absolute Gasteiger partial charge is 0.185 e. The Labute approximate surface area is 182 Å². The predicted octanol–water partition coefficient (Wildman–Crippen LogP) is 3.48. The zero-order valence-corrected chi connectivity index (χ0v) is 18.5. The Bertz CT molecular complexity index is 1010. The van der Waals surface area contributed by atoms with Crippen LogP contribution in [0, 0.1) is 0 Å². The van der Waals surface area contributed by atoms with E-state index in [0.717, 1.165) is 62.1 Å².